The quantitative estimate of drug-likeness (QED) is 0.476. The lowest BCUT2D eigenvalue weighted by atomic mass is 9.75. The molecule has 0 saturated heterocycles. The second-order valence-corrected chi connectivity index (χ2v) is 9.15. The second-order valence-electron chi connectivity index (χ2n) is 9.15. The van der Waals surface area contributed by atoms with Gasteiger partial charge in [0.25, 0.3) is 0 Å². The van der Waals surface area contributed by atoms with E-state index in [1.807, 2.05) is 24.8 Å². The van der Waals surface area contributed by atoms with Crippen molar-refractivity contribution in [2.24, 2.45) is 5.92 Å². The van der Waals surface area contributed by atoms with Crippen molar-refractivity contribution in [1.82, 2.24) is 14.4 Å². The first-order valence-corrected chi connectivity index (χ1v) is 11.3. The predicted octanol–water partition coefficient (Wildman–Crippen LogP) is 5.77. The van der Waals surface area contributed by atoms with Crippen LogP contribution in [0.15, 0.2) is 61.2 Å². The van der Waals surface area contributed by atoms with Crippen LogP contribution >= 0.6 is 0 Å². The molecule has 0 bridgehead atoms. The van der Waals surface area contributed by atoms with Crippen molar-refractivity contribution in [2.75, 3.05) is 0 Å². The molecule has 0 amide bonds. The summed E-state index contributed by atoms with van der Waals surface area (Å²) in [5, 5.41) is 12.7. The van der Waals surface area contributed by atoms with Crippen LogP contribution in [0.1, 0.15) is 73.3 Å². The summed E-state index contributed by atoms with van der Waals surface area (Å²) in [6, 6.07) is 15.2. The van der Waals surface area contributed by atoms with Gasteiger partial charge in [0.15, 0.2) is 0 Å². The average Bonchev–Trinajstić information content (AvgIpc) is 3.54. The third-order valence-corrected chi connectivity index (χ3v) is 7.27. The molecule has 3 heterocycles. The van der Waals surface area contributed by atoms with E-state index in [4.69, 9.17) is 0 Å². The van der Waals surface area contributed by atoms with Crippen molar-refractivity contribution in [2.45, 2.75) is 56.5 Å². The summed E-state index contributed by atoms with van der Waals surface area (Å²) < 4.78 is 2.12. The first kappa shape index (κ1) is 18.1. The van der Waals surface area contributed by atoms with Gasteiger partial charge in [-0.1, -0.05) is 24.3 Å². The first-order valence-electron chi connectivity index (χ1n) is 11.3. The molecule has 3 aromatic heterocycles. The summed E-state index contributed by atoms with van der Waals surface area (Å²) in [7, 11) is 0. The Morgan fingerprint density at radius 2 is 1.77 bits per heavy atom. The van der Waals surface area contributed by atoms with Gasteiger partial charge in [-0.15, -0.1) is 0 Å². The van der Waals surface area contributed by atoms with E-state index in [9.17, 15) is 5.11 Å². The third-order valence-electron chi connectivity index (χ3n) is 7.27. The van der Waals surface area contributed by atoms with Gasteiger partial charge in [-0.3, -0.25) is 4.98 Å². The van der Waals surface area contributed by atoms with Crippen molar-refractivity contribution in [1.29, 1.82) is 0 Å². The number of benzene rings is 1. The van der Waals surface area contributed by atoms with Crippen LogP contribution in [0.2, 0.25) is 0 Å². The van der Waals surface area contributed by atoms with Crippen LogP contribution in [-0.2, 0) is 0 Å². The maximum Gasteiger partial charge on any atom is 0.0995 e. The Hall–Kier alpha value is -2.72. The van der Waals surface area contributed by atoms with Gasteiger partial charge in [-0.05, 0) is 85.6 Å². The van der Waals surface area contributed by atoms with Gasteiger partial charge in [-0.2, -0.15) is 0 Å². The summed E-state index contributed by atoms with van der Waals surface area (Å²) in [6.07, 6.45) is 12.0. The highest BCUT2D eigenvalue weighted by Gasteiger charge is 2.34. The lowest BCUT2D eigenvalue weighted by Gasteiger charge is -2.33. The van der Waals surface area contributed by atoms with Crippen molar-refractivity contribution < 1.29 is 5.11 Å². The summed E-state index contributed by atoms with van der Waals surface area (Å²) in [4.78, 5) is 8.86. The number of aliphatic hydroxyl groups excluding tert-OH is 1. The van der Waals surface area contributed by atoms with Crippen LogP contribution in [0, 0.1) is 5.92 Å². The molecule has 0 aliphatic heterocycles. The van der Waals surface area contributed by atoms with Crippen molar-refractivity contribution >= 4 is 16.4 Å². The Kier molecular flexibility index (Phi) is 4.34. The minimum Gasteiger partial charge on any atom is -0.387 e. The molecule has 1 N–H and O–H groups in total. The number of hydrogen-bond acceptors (Lipinski definition) is 3. The van der Waals surface area contributed by atoms with Crippen LogP contribution in [0.25, 0.3) is 16.4 Å². The average molecular weight is 398 g/mol. The van der Waals surface area contributed by atoms with E-state index in [2.05, 4.69) is 50.8 Å². The van der Waals surface area contributed by atoms with E-state index < -0.39 is 6.10 Å². The van der Waals surface area contributed by atoms with Gasteiger partial charge in [0.05, 0.1) is 35.4 Å². The number of fused-ring (bicyclic) bond motifs is 2. The Bertz CT molecular complexity index is 1200. The molecule has 4 heteroatoms. The predicted molar refractivity (Wildman–Crippen MR) is 119 cm³/mol. The molecule has 4 nitrogen and oxygen atoms in total. The van der Waals surface area contributed by atoms with E-state index in [0.717, 1.165) is 42.4 Å². The Labute approximate surface area is 176 Å². The minimum atomic E-state index is -0.419. The van der Waals surface area contributed by atoms with Crippen LogP contribution in [0.3, 0.4) is 0 Å². The van der Waals surface area contributed by atoms with E-state index in [1.54, 1.807) is 0 Å². The standard InChI is InChI=1S/C26H27N3O/c30-26(25-23(18-5-6-18)12-11-22-15-27-16-29(22)25)20-8-3-17(4-9-20)21-10-7-19-2-1-13-28-24(19)14-21/h1-2,7,10-18,20,26,30H,3-6,8-9H2/t17?,20?,26-/m1/s1. The molecule has 152 valence electrons. The van der Waals surface area contributed by atoms with E-state index in [0.29, 0.717) is 17.8 Å². The van der Waals surface area contributed by atoms with Gasteiger partial charge in [0, 0.05) is 11.6 Å². The number of nitrogens with zero attached hydrogens (tertiary/aromatic N) is 3. The van der Waals surface area contributed by atoms with E-state index >= 15 is 0 Å². The highest BCUT2D eigenvalue weighted by Crippen LogP contribution is 2.47. The van der Waals surface area contributed by atoms with Crippen LogP contribution in [0.5, 0.6) is 0 Å². The number of imidazole rings is 1. The normalized spacial score (nSPS) is 23.1. The monoisotopic (exact) mass is 397 g/mol. The Morgan fingerprint density at radius 1 is 0.933 bits per heavy atom. The third kappa shape index (κ3) is 3.10. The van der Waals surface area contributed by atoms with Crippen LogP contribution in [-0.4, -0.2) is 19.5 Å². The number of pyridine rings is 2. The SMILES string of the molecule is O[C@@H](c1c(C2CC2)ccc2cncn12)C1CCC(c2ccc3cccnc3c2)CC1. The highest BCUT2D eigenvalue weighted by atomic mass is 16.3. The topological polar surface area (TPSA) is 50.4 Å². The molecule has 4 aromatic rings. The number of hydrogen-bond donors (Lipinski definition) is 1. The molecular weight excluding hydrogens is 370 g/mol. The molecular formula is C26H27N3O. The fourth-order valence-electron chi connectivity index (χ4n) is 5.41. The Morgan fingerprint density at radius 3 is 2.60 bits per heavy atom. The van der Waals surface area contributed by atoms with Crippen LogP contribution < -0.4 is 0 Å². The fraction of sp³-hybridized carbons (Fsp3) is 0.385. The van der Waals surface area contributed by atoms with E-state index in [1.165, 1.54) is 29.4 Å². The molecule has 2 fully saturated rings. The fourth-order valence-corrected chi connectivity index (χ4v) is 5.41. The molecule has 30 heavy (non-hydrogen) atoms. The van der Waals surface area contributed by atoms with Crippen molar-refractivity contribution in [3.63, 3.8) is 0 Å². The zero-order chi connectivity index (χ0) is 20.1. The summed E-state index contributed by atoms with van der Waals surface area (Å²) in [5.74, 6) is 1.49. The van der Waals surface area contributed by atoms with Crippen LogP contribution in [0.4, 0.5) is 0 Å². The Balaban J connectivity index is 1.24. The second kappa shape index (κ2) is 7.21. The van der Waals surface area contributed by atoms with Gasteiger partial charge in [0.1, 0.15) is 0 Å². The van der Waals surface area contributed by atoms with Crippen molar-refractivity contribution in [3.05, 3.63) is 78.0 Å². The lowest BCUT2D eigenvalue weighted by molar-refractivity contribution is 0.0754. The number of aromatic nitrogens is 3. The van der Waals surface area contributed by atoms with Gasteiger partial charge < -0.3 is 9.51 Å². The largest absolute Gasteiger partial charge is 0.387 e. The van der Waals surface area contributed by atoms with E-state index in [-0.39, 0.29) is 0 Å². The smallest absolute Gasteiger partial charge is 0.0995 e. The molecule has 2 saturated carbocycles. The number of aliphatic hydroxyl groups is 1. The molecule has 6 rings (SSSR count). The molecule has 0 radical (unpaired) electrons. The highest BCUT2D eigenvalue weighted by molar-refractivity contribution is 5.79. The molecule has 0 unspecified atom stereocenters. The summed E-state index contributed by atoms with van der Waals surface area (Å²) in [6.45, 7) is 0. The van der Waals surface area contributed by atoms with Gasteiger partial charge >= 0.3 is 0 Å². The molecule has 2 aliphatic carbocycles. The van der Waals surface area contributed by atoms with Gasteiger partial charge in [-0.25, -0.2) is 4.98 Å². The molecule has 2 aliphatic rings. The van der Waals surface area contributed by atoms with Gasteiger partial charge in [0.2, 0.25) is 0 Å². The molecule has 1 atom stereocenters. The number of rotatable bonds is 4. The zero-order valence-electron chi connectivity index (χ0n) is 17.1. The maximum absolute atomic E-state index is 11.5. The van der Waals surface area contributed by atoms with Crippen molar-refractivity contribution in [3.8, 4) is 0 Å². The molecule has 0 spiro atoms. The zero-order valence-corrected chi connectivity index (χ0v) is 17.1. The minimum absolute atomic E-state index is 0.310. The maximum atomic E-state index is 11.5. The first-order chi connectivity index (χ1) is 14.8. The summed E-state index contributed by atoms with van der Waals surface area (Å²) >= 11 is 0. The molecule has 1 aromatic carbocycles. The summed E-state index contributed by atoms with van der Waals surface area (Å²) in [5.41, 5.74) is 5.97. The lowest BCUT2D eigenvalue weighted by Crippen LogP contribution is -2.22.